The van der Waals surface area contributed by atoms with Crippen LogP contribution in [0.2, 0.25) is 0 Å². The molecule has 1 saturated heterocycles. The topological polar surface area (TPSA) is 12.0 Å². The monoisotopic (exact) mass is 289 g/mol. The van der Waals surface area contributed by atoms with E-state index in [1.54, 1.807) is 0 Å². The van der Waals surface area contributed by atoms with Crippen LogP contribution >= 0.6 is 15.9 Å². The Balaban J connectivity index is 2.42. The van der Waals surface area contributed by atoms with Gasteiger partial charge >= 0.3 is 0 Å². The smallest absolute Gasteiger partial charge is 0.143 e. The molecule has 1 aliphatic rings. The Hall–Kier alpha value is -0.480. The van der Waals surface area contributed by atoms with E-state index < -0.39 is 11.6 Å². The summed E-state index contributed by atoms with van der Waals surface area (Å²) in [6.07, 6.45) is 0.783. The average molecular weight is 290 g/mol. The van der Waals surface area contributed by atoms with Crippen LogP contribution in [0.5, 0.6) is 0 Å². The van der Waals surface area contributed by atoms with Gasteiger partial charge in [0.05, 0.1) is 4.47 Å². The Kier molecular flexibility index (Phi) is 3.60. The predicted octanol–water partition coefficient (Wildman–Crippen LogP) is 3.44. The maximum absolute atomic E-state index is 13.9. The molecule has 0 amide bonds. The van der Waals surface area contributed by atoms with Crippen LogP contribution in [-0.2, 0) is 0 Å². The highest BCUT2D eigenvalue weighted by Crippen LogP contribution is 2.35. The minimum absolute atomic E-state index is 0.0289. The first-order valence-electron chi connectivity index (χ1n) is 5.45. The summed E-state index contributed by atoms with van der Waals surface area (Å²) in [6.45, 7) is 3.66. The Morgan fingerprint density at radius 2 is 2.12 bits per heavy atom. The van der Waals surface area contributed by atoms with Crippen molar-refractivity contribution in [2.75, 3.05) is 13.1 Å². The van der Waals surface area contributed by atoms with E-state index in [9.17, 15) is 8.78 Å². The van der Waals surface area contributed by atoms with Crippen LogP contribution in [0.25, 0.3) is 0 Å². The zero-order valence-corrected chi connectivity index (χ0v) is 10.7. The lowest BCUT2D eigenvalue weighted by molar-refractivity contribution is 0.332. The lowest BCUT2D eigenvalue weighted by Crippen LogP contribution is -2.34. The molecule has 4 heteroatoms. The highest BCUT2D eigenvalue weighted by atomic mass is 79.9. The fourth-order valence-electron chi connectivity index (χ4n) is 2.33. The molecule has 16 heavy (non-hydrogen) atoms. The lowest BCUT2D eigenvalue weighted by atomic mass is 9.82. The number of hydrogen-bond acceptors (Lipinski definition) is 1. The summed E-state index contributed by atoms with van der Waals surface area (Å²) in [7, 11) is 0. The molecule has 1 aromatic rings. The highest BCUT2D eigenvalue weighted by molar-refractivity contribution is 9.10. The van der Waals surface area contributed by atoms with E-state index in [0.29, 0.717) is 4.47 Å². The van der Waals surface area contributed by atoms with Gasteiger partial charge in [-0.1, -0.05) is 6.92 Å². The number of nitrogens with one attached hydrogen (secondary N) is 1. The van der Waals surface area contributed by atoms with Crippen LogP contribution in [0.15, 0.2) is 16.6 Å². The van der Waals surface area contributed by atoms with Gasteiger partial charge in [-0.3, -0.25) is 0 Å². The zero-order valence-electron chi connectivity index (χ0n) is 9.06. The third-order valence-electron chi connectivity index (χ3n) is 3.24. The number of benzene rings is 1. The molecule has 88 valence electrons. The van der Waals surface area contributed by atoms with Gasteiger partial charge in [-0.25, -0.2) is 8.78 Å². The first-order chi connectivity index (χ1) is 7.61. The molecular weight excluding hydrogens is 276 g/mol. The highest BCUT2D eigenvalue weighted by Gasteiger charge is 2.28. The van der Waals surface area contributed by atoms with Gasteiger partial charge in [-0.2, -0.15) is 0 Å². The normalized spacial score (nSPS) is 25.8. The van der Waals surface area contributed by atoms with Crippen LogP contribution in [0.4, 0.5) is 8.78 Å². The summed E-state index contributed by atoms with van der Waals surface area (Å²) < 4.78 is 28.0. The Labute approximate surface area is 102 Å². The van der Waals surface area contributed by atoms with Gasteiger partial charge in [-0.15, -0.1) is 0 Å². The van der Waals surface area contributed by atoms with Crippen LogP contribution in [0.1, 0.15) is 24.8 Å². The summed E-state index contributed by atoms with van der Waals surface area (Å²) in [5, 5.41) is 3.23. The number of hydrogen-bond donors (Lipinski definition) is 1. The van der Waals surface area contributed by atoms with Gasteiger partial charge in [0, 0.05) is 5.56 Å². The quantitative estimate of drug-likeness (QED) is 0.781. The number of rotatable bonds is 1. The fraction of sp³-hybridized carbons (Fsp3) is 0.500. The molecule has 0 bridgehead atoms. The van der Waals surface area contributed by atoms with Crippen molar-refractivity contribution in [3.63, 3.8) is 0 Å². The summed E-state index contributed by atoms with van der Waals surface area (Å²) in [5.74, 6) is -0.649. The maximum Gasteiger partial charge on any atom is 0.143 e. The second-order valence-electron chi connectivity index (χ2n) is 4.33. The van der Waals surface area contributed by atoms with Crippen LogP contribution in [0.3, 0.4) is 0 Å². The standard InChI is InChI=1S/C12H14BrF2N/c1-7-6-16-5-4-8(7)11-10(14)3-2-9(13)12(11)15/h2-3,7-8,16H,4-6H2,1H3. The Morgan fingerprint density at radius 3 is 2.81 bits per heavy atom. The van der Waals surface area contributed by atoms with Crippen molar-refractivity contribution in [3.05, 3.63) is 33.8 Å². The van der Waals surface area contributed by atoms with Crippen molar-refractivity contribution in [1.82, 2.24) is 5.32 Å². The molecule has 0 saturated carbocycles. The van der Waals surface area contributed by atoms with Gasteiger partial charge in [-0.05, 0) is 59.4 Å². The first kappa shape index (κ1) is 12.0. The third-order valence-corrected chi connectivity index (χ3v) is 3.85. The Bertz CT molecular complexity index is 395. The second kappa shape index (κ2) is 4.80. The van der Waals surface area contributed by atoms with Gasteiger partial charge < -0.3 is 5.32 Å². The predicted molar refractivity (Wildman–Crippen MR) is 63.4 cm³/mol. The fourth-order valence-corrected chi connectivity index (χ4v) is 2.67. The number of piperidine rings is 1. The molecule has 1 aromatic carbocycles. The largest absolute Gasteiger partial charge is 0.316 e. The van der Waals surface area contributed by atoms with Gasteiger partial charge in [0.1, 0.15) is 11.6 Å². The minimum atomic E-state index is -0.446. The molecule has 0 radical (unpaired) electrons. The van der Waals surface area contributed by atoms with Gasteiger partial charge in [0.2, 0.25) is 0 Å². The SMILES string of the molecule is CC1CNCCC1c1c(F)ccc(Br)c1F. The molecule has 1 fully saturated rings. The molecule has 1 aliphatic heterocycles. The molecule has 2 atom stereocenters. The number of halogens is 3. The van der Waals surface area contributed by atoms with E-state index in [0.717, 1.165) is 19.5 Å². The molecule has 2 unspecified atom stereocenters. The van der Waals surface area contributed by atoms with Gasteiger partial charge in [0.25, 0.3) is 0 Å². The molecule has 0 aromatic heterocycles. The maximum atomic E-state index is 13.9. The zero-order chi connectivity index (χ0) is 11.7. The van der Waals surface area contributed by atoms with E-state index in [4.69, 9.17) is 0 Å². The van der Waals surface area contributed by atoms with Crippen molar-refractivity contribution in [3.8, 4) is 0 Å². The third kappa shape index (κ3) is 2.13. The van der Waals surface area contributed by atoms with Crippen molar-refractivity contribution >= 4 is 15.9 Å². The van der Waals surface area contributed by atoms with Crippen LogP contribution in [0, 0.1) is 17.6 Å². The summed E-state index contributed by atoms with van der Waals surface area (Å²) in [4.78, 5) is 0. The summed E-state index contributed by atoms with van der Waals surface area (Å²) in [5.41, 5.74) is 0.239. The van der Waals surface area contributed by atoms with Crippen molar-refractivity contribution < 1.29 is 8.78 Å². The molecule has 0 spiro atoms. The Morgan fingerprint density at radius 1 is 1.38 bits per heavy atom. The van der Waals surface area contributed by atoms with E-state index in [2.05, 4.69) is 21.2 Å². The molecule has 1 N–H and O–H groups in total. The van der Waals surface area contributed by atoms with E-state index in [1.807, 2.05) is 6.92 Å². The molecular formula is C12H14BrF2N. The van der Waals surface area contributed by atoms with E-state index in [1.165, 1.54) is 12.1 Å². The van der Waals surface area contributed by atoms with Crippen LogP contribution < -0.4 is 5.32 Å². The minimum Gasteiger partial charge on any atom is -0.316 e. The molecule has 1 heterocycles. The lowest BCUT2D eigenvalue weighted by Gasteiger charge is -2.30. The average Bonchev–Trinajstić information content (AvgIpc) is 2.27. The van der Waals surface area contributed by atoms with Gasteiger partial charge in [0.15, 0.2) is 0 Å². The van der Waals surface area contributed by atoms with E-state index in [-0.39, 0.29) is 17.4 Å². The summed E-state index contributed by atoms with van der Waals surface area (Å²) in [6, 6.07) is 2.75. The van der Waals surface area contributed by atoms with Crippen molar-refractivity contribution in [2.45, 2.75) is 19.3 Å². The first-order valence-corrected chi connectivity index (χ1v) is 6.24. The van der Waals surface area contributed by atoms with E-state index >= 15 is 0 Å². The summed E-state index contributed by atoms with van der Waals surface area (Å²) >= 11 is 3.11. The molecule has 1 nitrogen and oxygen atoms in total. The molecule has 0 aliphatic carbocycles. The second-order valence-corrected chi connectivity index (χ2v) is 5.19. The van der Waals surface area contributed by atoms with Crippen molar-refractivity contribution in [2.24, 2.45) is 5.92 Å². The molecule has 2 rings (SSSR count). The van der Waals surface area contributed by atoms with Crippen LogP contribution in [-0.4, -0.2) is 13.1 Å². The van der Waals surface area contributed by atoms with Crippen molar-refractivity contribution in [1.29, 1.82) is 0 Å².